The van der Waals surface area contributed by atoms with E-state index in [4.69, 9.17) is 4.74 Å². The maximum Gasteiger partial charge on any atom is 0.573 e. The number of hydrogen-bond acceptors (Lipinski definition) is 24. The first-order valence-electron chi connectivity index (χ1n) is 43.1. The minimum Gasteiger partial charge on any atom is -0.508 e. The molecule has 0 bridgehead atoms. The molecule has 21 aromatic rings. The van der Waals surface area contributed by atoms with Crippen LogP contribution in [0.3, 0.4) is 0 Å². The number of pyridine rings is 1. The normalized spacial score (nSPS) is 10.9. The van der Waals surface area contributed by atoms with Crippen LogP contribution in [0.2, 0.25) is 0 Å². The van der Waals surface area contributed by atoms with Crippen molar-refractivity contribution in [3.63, 3.8) is 0 Å². The predicted molar refractivity (Wildman–Crippen MR) is 514 cm³/mol. The Hall–Kier alpha value is -19.3. The van der Waals surface area contributed by atoms with Crippen LogP contribution in [0.15, 0.2) is 383 Å². The first kappa shape index (κ1) is 97.2. The van der Waals surface area contributed by atoms with Crippen molar-refractivity contribution < 1.29 is 76.0 Å². The van der Waals surface area contributed by atoms with Crippen LogP contribution in [0.1, 0.15) is 36.5 Å². The second-order valence-corrected chi connectivity index (χ2v) is 31.2. The zero-order valence-corrected chi connectivity index (χ0v) is 75.4. The Morgan fingerprint density at radius 1 is 0.275 bits per heavy atom. The van der Waals surface area contributed by atoms with Crippen molar-refractivity contribution in [2.75, 3.05) is 7.11 Å². The fourth-order valence-electron chi connectivity index (χ4n) is 13.3. The quantitative estimate of drug-likeness (QED) is 0.0416. The molecule has 0 saturated heterocycles. The van der Waals surface area contributed by atoms with Crippen LogP contribution in [-0.4, -0.2) is 159 Å². The standard InChI is InChI=1S/C17H17N3O.C15H10F3N3O2.C15H10F3N3O.C15H13N3O2.C15H13N3O.C14H10FN3O.C13H10N4O/c1-12(2)13-3-5-14(6-4-13)17-11-20(19-18-17)15-7-9-16(21)10-8-15;16-15(17,18)23-13-3-1-2-10(8-13)14-9-21(20-19-14)11-4-6-12(22)7-5-11;16-15(17,18)11-3-1-2-10(8-11)14-9-21(20-19-14)12-4-6-13(22)7-5-12;1-20-14-8-2-11(3-9-14)15-10-18(17-16-15)12-4-6-13(19)7-5-12;1-11-2-4-12(5-3-11)15-10-18(17-16-15)13-6-8-14(19)9-7-13;15-11-3-1-2-10(8-11)14-9-18(17-16-14)12-4-6-13(19)7-5-12;18-11-6-4-10(5-7-11)17-9-13(15-16-17)12-3-1-2-8-14-12/h3-12,21H,1-2H3;1-9,22H;1-9,22H;2-10,19H,1H3;2-10,19H,1H3;1-9,19H;1-9,18H. The third kappa shape index (κ3) is 26.7. The summed E-state index contributed by atoms with van der Waals surface area (Å²) in [5, 5.41) is 121. The summed E-state index contributed by atoms with van der Waals surface area (Å²) in [4.78, 5) is 4.21. The molecule has 21 rings (SSSR count). The first-order valence-corrected chi connectivity index (χ1v) is 43.1. The largest absolute Gasteiger partial charge is 0.573 e. The third-order valence-electron chi connectivity index (χ3n) is 20.8. The molecule has 0 aliphatic heterocycles. The lowest BCUT2D eigenvalue weighted by Gasteiger charge is -2.09. The van der Waals surface area contributed by atoms with Crippen LogP contribution in [0.4, 0.5) is 30.7 Å². The number of rotatable bonds is 17. The van der Waals surface area contributed by atoms with E-state index in [9.17, 15) is 66.5 Å². The highest BCUT2D eigenvalue weighted by Crippen LogP contribution is 2.35. The molecule has 0 spiro atoms. The molecular weight excluding hydrogens is 1830 g/mol. The van der Waals surface area contributed by atoms with Crippen LogP contribution in [0, 0.1) is 12.7 Å². The van der Waals surface area contributed by atoms with Gasteiger partial charge < -0.3 is 45.2 Å². The Labute approximate surface area is 804 Å². The number of benzene rings is 13. The lowest BCUT2D eigenvalue weighted by Crippen LogP contribution is -2.17. The van der Waals surface area contributed by atoms with Crippen molar-refractivity contribution in [3.05, 3.63) is 406 Å². The molecule has 0 radical (unpaired) electrons. The maximum absolute atomic E-state index is 13.1. The number of methoxy groups -OCH3 is 1. The Balaban J connectivity index is 0.000000125. The molecule has 7 N–H and O–H groups in total. The topological polar surface area (TPSA) is 388 Å². The van der Waals surface area contributed by atoms with Gasteiger partial charge in [-0.25, -0.2) is 37.2 Å². The average molecular weight is 1920 g/mol. The highest BCUT2D eigenvalue weighted by atomic mass is 19.4. The van der Waals surface area contributed by atoms with Gasteiger partial charge in [-0.15, -0.1) is 48.9 Å². The van der Waals surface area contributed by atoms with Crippen LogP contribution >= 0.6 is 0 Å². The molecule has 8 heterocycles. The Morgan fingerprint density at radius 2 is 0.563 bits per heavy atom. The molecule has 13 aromatic carbocycles. The summed E-state index contributed by atoms with van der Waals surface area (Å²) in [6.07, 6.45) is 4.78. The minimum absolute atomic E-state index is 0.113. The molecule has 0 atom stereocenters. The molecule has 0 fully saturated rings. The Morgan fingerprint density at radius 3 is 0.866 bits per heavy atom. The van der Waals surface area contributed by atoms with Gasteiger partial charge in [-0.2, -0.15) is 13.2 Å². The summed E-state index contributed by atoms with van der Waals surface area (Å²) in [5.74, 6) is 2.04. The SMILES string of the molecule is CC(C)c1ccc(-c2cn(-c3ccc(O)cc3)nn2)cc1.COc1ccc(-c2cn(-c3ccc(O)cc3)nn2)cc1.Cc1ccc(-c2cn(-c3ccc(O)cc3)nn2)cc1.Oc1ccc(-n2cc(-c3cccc(C(F)(F)F)c3)nn2)cc1.Oc1ccc(-n2cc(-c3cccc(F)c3)nn2)cc1.Oc1ccc(-n2cc(-c3cccc(OC(F)(F)F)c3)nn2)cc1.Oc1ccc(-n2cc(-c3ccccn3)nn2)cc1. The molecule has 712 valence electrons. The molecule has 142 heavy (non-hydrogen) atoms. The molecule has 0 aliphatic rings. The molecule has 0 aliphatic carbocycles. The van der Waals surface area contributed by atoms with Gasteiger partial charge >= 0.3 is 12.5 Å². The number of aromatic hydroxyl groups is 7. The monoisotopic (exact) mass is 1920 g/mol. The van der Waals surface area contributed by atoms with Gasteiger partial charge in [-0.05, 0) is 261 Å². The van der Waals surface area contributed by atoms with Crippen molar-refractivity contribution in [3.8, 4) is 170 Å². The van der Waals surface area contributed by atoms with Crippen molar-refractivity contribution in [1.82, 2.24) is 110 Å². The molecule has 0 saturated carbocycles. The minimum atomic E-state index is -4.75. The summed E-state index contributed by atoms with van der Waals surface area (Å²) < 4.78 is 108. The smallest absolute Gasteiger partial charge is 0.508 e. The van der Waals surface area contributed by atoms with E-state index in [1.54, 1.807) is 225 Å². The fraction of sp³-hybridized carbons (Fsp3) is 0.0673. The van der Waals surface area contributed by atoms with Gasteiger partial charge in [0.05, 0.1) is 102 Å². The van der Waals surface area contributed by atoms with Crippen molar-refractivity contribution in [2.24, 2.45) is 0 Å². The summed E-state index contributed by atoms with van der Waals surface area (Å²) in [7, 11) is 1.64. The van der Waals surface area contributed by atoms with Crippen molar-refractivity contribution in [2.45, 2.75) is 39.2 Å². The highest BCUT2D eigenvalue weighted by Gasteiger charge is 2.32. The van der Waals surface area contributed by atoms with Crippen LogP contribution in [0.5, 0.6) is 51.7 Å². The number of halogens is 7. The first-order chi connectivity index (χ1) is 68.5. The van der Waals surface area contributed by atoms with Gasteiger partial charge in [0.2, 0.25) is 0 Å². The van der Waals surface area contributed by atoms with E-state index in [0.29, 0.717) is 56.8 Å². The molecule has 0 unspecified atom stereocenters. The number of ether oxygens (including phenoxy) is 2. The Bertz CT molecular complexity index is 7560. The van der Waals surface area contributed by atoms with Gasteiger partial charge in [0, 0.05) is 39.6 Å². The third-order valence-corrected chi connectivity index (χ3v) is 20.8. The van der Waals surface area contributed by atoms with E-state index in [1.165, 1.54) is 87.4 Å². The van der Waals surface area contributed by atoms with Crippen LogP contribution < -0.4 is 9.47 Å². The average Bonchev–Trinajstić information content (AvgIpc) is 1.54. The number of aromatic nitrogens is 22. The molecule has 38 heteroatoms. The lowest BCUT2D eigenvalue weighted by atomic mass is 10.0. The van der Waals surface area contributed by atoms with Gasteiger partial charge in [0.15, 0.2) is 0 Å². The highest BCUT2D eigenvalue weighted by molar-refractivity contribution is 5.65. The zero-order chi connectivity index (χ0) is 99.8. The Kier molecular flexibility index (Phi) is 30.8. The van der Waals surface area contributed by atoms with Gasteiger partial charge in [-0.3, -0.25) is 4.98 Å². The summed E-state index contributed by atoms with van der Waals surface area (Å²) in [6.45, 7) is 6.41. The van der Waals surface area contributed by atoms with Crippen molar-refractivity contribution in [1.29, 1.82) is 0 Å². The maximum atomic E-state index is 13.1. The second-order valence-electron chi connectivity index (χ2n) is 31.2. The number of hydrogen-bond donors (Lipinski definition) is 7. The summed E-state index contributed by atoms with van der Waals surface area (Å²) in [5.41, 5.74) is 17.0. The fourth-order valence-corrected chi connectivity index (χ4v) is 13.3. The lowest BCUT2D eigenvalue weighted by molar-refractivity contribution is -0.274. The van der Waals surface area contributed by atoms with Crippen molar-refractivity contribution >= 4 is 0 Å². The van der Waals surface area contributed by atoms with E-state index in [-0.39, 0.29) is 51.8 Å². The van der Waals surface area contributed by atoms with E-state index < -0.39 is 18.1 Å². The molecule has 8 aromatic heterocycles. The second kappa shape index (κ2) is 44.9. The van der Waals surface area contributed by atoms with Gasteiger partial charge in [0.1, 0.15) is 97.4 Å². The number of phenols is 7. The summed E-state index contributed by atoms with van der Waals surface area (Å²) in [6, 6.07) is 92.7. The number of phenolic OH excluding ortho intramolecular Hbond substituents is 7. The van der Waals surface area contributed by atoms with Crippen LogP contribution in [-0.2, 0) is 6.18 Å². The van der Waals surface area contributed by atoms with Crippen LogP contribution in [0.25, 0.3) is 119 Å². The number of aryl methyl sites for hydroxylation is 1. The van der Waals surface area contributed by atoms with Gasteiger partial charge in [-0.1, -0.05) is 147 Å². The van der Waals surface area contributed by atoms with E-state index >= 15 is 0 Å². The van der Waals surface area contributed by atoms with E-state index in [2.05, 4.69) is 139 Å². The predicted octanol–water partition coefficient (Wildman–Crippen LogP) is 21.4. The summed E-state index contributed by atoms with van der Waals surface area (Å²) >= 11 is 0. The molecular formula is C104H83F7N22O9. The zero-order valence-electron chi connectivity index (χ0n) is 75.4. The molecule has 31 nitrogen and oxygen atoms in total. The number of nitrogens with zero attached hydrogens (tertiary/aromatic N) is 22. The van der Waals surface area contributed by atoms with E-state index in [0.717, 1.165) is 85.8 Å². The number of alkyl halides is 6. The van der Waals surface area contributed by atoms with E-state index in [1.807, 2.05) is 73.2 Å². The van der Waals surface area contributed by atoms with Gasteiger partial charge in [0.25, 0.3) is 0 Å². The molecule has 0 amide bonds.